The van der Waals surface area contributed by atoms with Gasteiger partial charge in [-0.2, -0.15) is 13.2 Å². The molecule has 1 amide bonds. The fourth-order valence-corrected chi connectivity index (χ4v) is 2.26. The minimum Gasteiger partial charge on any atom is -0.497 e. The second kappa shape index (κ2) is 8.05. The van der Waals surface area contributed by atoms with Gasteiger partial charge < -0.3 is 14.8 Å². The van der Waals surface area contributed by atoms with Crippen LogP contribution in [0.1, 0.15) is 15.9 Å². The highest BCUT2D eigenvalue weighted by atomic mass is 32.1. The SMILES string of the molecule is COc1cc(OC)cc(C(=O)NC(=S)Nc2cccc(C(F)(F)F)c2)c1. The normalized spacial score (nSPS) is 10.8. The summed E-state index contributed by atoms with van der Waals surface area (Å²) >= 11 is 4.98. The van der Waals surface area contributed by atoms with Crippen molar-refractivity contribution in [3.63, 3.8) is 0 Å². The van der Waals surface area contributed by atoms with Crippen LogP contribution >= 0.6 is 12.2 Å². The van der Waals surface area contributed by atoms with Gasteiger partial charge in [0.1, 0.15) is 11.5 Å². The first-order valence-electron chi connectivity index (χ1n) is 7.25. The number of methoxy groups -OCH3 is 2. The van der Waals surface area contributed by atoms with E-state index in [0.717, 1.165) is 12.1 Å². The van der Waals surface area contributed by atoms with Crippen LogP contribution in [0.3, 0.4) is 0 Å². The molecular weight excluding hydrogens is 369 g/mol. The summed E-state index contributed by atoms with van der Waals surface area (Å²) in [6.45, 7) is 0. The second-order valence-corrected chi connectivity index (χ2v) is 5.50. The quantitative estimate of drug-likeness (QED) is 0.785. The molecule has 2 rings (SSSR count). The fourth-order valence-electron chi connectivity index (χ4n) is 2.05. The van der Waals surface area contributed by atoms with Crippen molar-refractivity contribution < 1.29 is 27.4 Å². The van der Waals surface area contributed by atoms with Crippen LogP contribution in [0, 0.1) is 0 Å². The van der Waals surface area contributed by atoms with Crippen molar-refractivity contribution in [2.45, 2.75) is 6.18 Å². The Kier molecular flexibility index (Phi) is 6.04. The van der Waals surface area contributed by atoms with Gasteiger partial charge in [0.2, 0.25) is 0 Å². The van der Waals surface area contributed by atoms with Gasteiger partial charge in [-0.15, -0.1) is 0 Å². The maximum Gasteiger partial charge on any atom is 0.416 e. The molecule has 0 saturated carbocycles. The Hall–Kier alpha value is -2.81. The third-order valence-electron chi connectivity index (χ3n) is 3.29. The molecule has 0 heterocycles. The number of alkyl halides is 3. The number of halogens is 3. The van der Waals surface area contributed by atoms with Crippen LogP contribution in [-0.4, -0.2) is 25.2 Å². The van der Waals surface area contributed by atoms with Crippen molar-refractivity contribution in [1.29, 1.82) is 0 Å². The minimum atomic E-state index is -4.47. The van der Waals surface area contributed by atoms with Crippen LogP contribution < -0.4 is 20.1 Å². The van der Waals surface area contributed by atoms with E-state index in [1.54, 1.807) is 6.07 Å². The van der Waals surface area contributed by atoms with Gasteiger partial charge in [-0.25, -0.2) is 0 Å². The van der Waals surface area contributed by atoms with Crippen LogP contribution in [-0.2, 0) is 6.18 Å². The summed E-state index contributed by atoms with van der Waals surface area (Å²) in [6, 6.07) is 9.03. The summed E-state index contributed by atoms with van der Waals surface area (Å²) in [5.74, 6) is 0.254. The zero-order chi connectivity index (χ0) is 19.3. The first kappa shape index (κ1) is 19.5. The number of thiocarbonyl (C=S) groups is 1. The second-order valence-electron chi connectivity index (χ2n) is 5.09. The van der Waals surface area contributed by atoms with E-state index in [4.69, 9.17) is 21.7 Å². The lowest BCUT2D eigenvalue weighted by atomic mass is 10.2. The summed E-state index contributed by atoms with van der Waals surface area (Å²) in [5.41, 5.74) is -0.503. The van der Waals surface area contributed by atoms with E-state index in [1.165, 1.54) is 38.5 Å². The molecule has 0 fully saturated rings. The Morgan fingerprint density at radius 1 is 1.04 bits per heavy atom. The van der Waals surface area contributed by atoms with E-state index in [9.17, 15) is 18.0 Å². The standard InChI is InChI=1S/C17H15F3N2O3S/c1-24-13-6-10(7-14(9-13)25-2)15(23)22-16(26)21-12-5-3-4-11(8-12)17(18,19)20/h3-9H,1-2H3,(H2,21,22,23,26). The summed E-state index contributed by atoms with van der Waals surface area (Å²) in [6.07, 6.45) is -4.47. The molecule has 2 N–H and O–H groups in total. The topological polar surface area (TPSA) is 59.6 Å². The highest BCUT2D eigenvalue weighted by Gasteiger charge is 2.30. The van der Waals surface area contributed by atoms with Crippen LogP contribution in [0.5, 0.6) is 11.5 Å². The maximum absolute atomic E-state index is 12.7. The number of carbonyl (C=O) groups is 1. The average molecular weight is 384 g/mol. The summed E-state index contributed by atoms with van der Waals surface area (Å²) < 4.78 is 48.3. The van der Waals surface area contributed by atoms with Crippen molar-refractivity contribution in [3.8, 4) is 11.5 Å². The molecule has 5 nitrogen and oxygen atoms in total. The highest BCUT2D eigenvalue weighted by molar-refractivity contribution is 7.80. The van der Waals surface area contributed by atoms with Crippen molar-refractivity contribution >= 4 is 28.9 Å². The van der Waals surface area contributed by atoms with E-state index >= 15 is 0 Å². The Morgan fingerprint density at radius 3 is 2.19 bits per heavy atom. The molecule has 0 radical (unpaired) electrons. The first-order valence-corrected chi connectivity index (χ1v) is 7.66. The Morgan fingerprint density at radius 2 is 1.65 bits per heavy atom. The predicted molar refractivity (Wildman–Crippen MR) is 94.7 cm³/mol. The lowest BCUT2D eigenvalue weighted by molar-refractivity contribution is -0.137. The van der Waals surface area contributed by atoms with Crippen LogP contribution in [0.4, 0.5) is 18.9 Å². The van der Waals surface area contributed by atoms with Crippen LogP contribution in [0.25, 0.3) is 0 Å². The maximum atomic E-state index is 12.7. The molecule has 138 valence electrons. The molecule has 26 heavy (non-hydrogen) atoms. The molecule has 0 bridgehead atoms. The van der Waals surface area contributed by atoms with Gasteiger partial charge >= 0.3 is 6.18 Å². The zero-order valence-electron chi connectivity index (χ0n) is 13.8. The molecule has 9 heteroatoms. The molecule has 0 aliphatic heterocycles. The minimum absolute atomic E-state index is 0.105. The molecular formula is C17H15F3N2O3S. The number of benzene rings is 2. The number of hydrogen-bond acceptors (Lipinski definition) is 4. The third kappa shape index (κ3) is 5.09. The van der Waals surface area contributed by atoms with Gasteiger partial charge in [0, 0.05) is 17.3 Å². The van der Waals surface area contributed by atoms with E-state index in [2.05, 4.69) is 10.6 Å². The largest absolute Gasteiger partial charge is 0.497 e. The Bertz CT molecular complexity index is 803. The highest BCUT2D eigenvalue weighted by Crippen LogP contribution is 2.30. The van der Waals surface area contributed by atoms with Crippen molar-refractivity contribution in [2.75, 3.05) is 19.5 Å². The Labute approximate surface area is 153 Å². The van der Waals surface area contributed by atoms with E-state index in [0.29, 0.717) is 11.5 Å². The number of nitrogens with one attached hydrogen (secondary N) is 2. The lowest BCUT2D eigenvalue weighted by Gasteiger charge is -2.13. The molecule has 2 aromatic carbocycles. The number of carbonyl (C=O) groups excluding carboxylic acids is 1. The van der Waals surface area contributed by atoms with Gasteiger partial charge in [0.15, 0.2) is 5.11 Å². The van der Waals surface area contributed by atoms with Gasteiger partial charge in [0.25, 0.3) is 5.91 Å². The van der Waals surface area contributed by atoms with Crippen LogP contribution in [0.2, 0.25) is 0 Å². The van der Waals surface area contributed by atoms with Crippen LogP contribution in [0.15, 0.2) is 42.5 Å². The summed E-state index contributed by atoms with van der Waals surface area (Å²) in [5, 5.41) is 4.80. The van der Waals surface area contributed by atoms with Gasteiger partial charge in [-0.05, 0) is 42.5 Å². The third-order valence-corrected chi connectivity index (χ3v) is 3.49. The van der Waals surface area contributed by atoms with Crippen molar-refractivity contribution in [1.82, 2.24) is 5.32 Å². The van der Waals surface area contributed by atoms with Gasteiger partial charge in [-0.3, -0.25) is 10.1 Å². The number of anilines is 1. The molecule has 0 atom stereocenters. The molecule has 0 aromatic heterocycles. The van der Waals surface area contributed by atoms with Crippen molar-refractivity contribution in [2.24, 2.45) is 0 Å². The monoisotopic (exact) mass is 384 g/mol. The lowest BCUT2D eigenvalue weighted by Crippen LogP contribution is -2.34. The fraction of sp³-hybridized carbons (Fsp3) is 0.176. The first-order chi connectivity index (χ1) is 12.2. The number of hydrogen-bond donors (Lipinski definition) is 2. The summed E-state index contributed by atoms with van der Waals surface area (Å²) in [7, 11) is 2.88. The van der Waals surface area contributed by atoms with Gasteiger partial charge in [-0.1, -0.05) is 6.07 Å². The molecule has 0 unspecified atom stereocenters. The zero-order valence-corrected chi connectivity index (χ0v) is 14.6. The van der Waals surface area contributed by atoms with Gasteiger partial charge in [0.05, 0.1) is 19.8 Å². The number of amides is 1. The Balaban J connectivity index is 2.09. The van der Waals surface area contributed by atoms with E-state index in [-0.39, 0.29) is 16.4 Å². The molecule has 0 aliphatic carbocycles. The molecule has 0 aliphatic rings. The molecule has 2 aromatic rings. The number of rotatable bonds is 4. The van der Waals surface area contributed by atoms with Crippen molar-refractivity contribution in [3.05, 3.63) is 53.6 Å². The average Bonchev–Trinajstić information content (AvgIpc) is 2.60. The van der Waals surface area contributed by atoms with E-state index in [1.807, 2.05) is 0 Å². The smallest absolute Gasteiger partial charge is 0.416 e. The number of ether oxygens (including phenoxy) is 2. The summed E-state index contributed by atoms with van der Waals surface area (Å²) in [4.78, 5) is 12.3. The predicted octanol–water partition coefficient (Wildman–Crippen LogP) is 3.85. The molecule has 0 saturated heterocycles. The van der Waals surface area contributed by atoms with E-state index < -0.39 is 17.6 Å². The molecule has 0 spiro atoms.